The van der Waals surface area contributed by atoms with Gasteiger partial charge in [-0.3, -0.25) is 9.59 Å². The molecule has 2 aromatic carbocycles. The summed E-state index contributed by atoms with van der Waals surface area (Å²) < 4.78 is 0. The van der Waals surface area contributed by atoms with E-state index in [1.807, 2.05) is 42.5 Å². The van der Waals surface area contributed by atoms with Gasteiger partial charge < -0.3 is 20.4 Å². The Morgan fingerprint density at radius 1 is 1.19 bits per heavy atom. The minimum atomic E-state index is -1.05. The van der Waals surface area contributed by atoms with Crippen molar-refractivity contribution in [1.82, 2.24) is 10.2 Å². The van der Waals surface area contributed by atoms with Crippen LogP contribution in [0.1, 0.15) is 43.7 Å². The van der Waals surface area contributed by atoms with Crippen LogP contribution in [-0.4, -0.2) is 53.2 Å². The van der Waals surface area contributed by atoms with Crippen LogP contribution in [0.2, 0.25) is 0 Å². The molecule has 1 aliphatic heterocycles. The third-order valence-electron chi connectivity index (χ3n) is 6.74. The molecule has 31 heavy (non-hydrogen) atoms. The van der Waals surface area contributed by atoms with E-state index >= 15 is 0 Å². The highest BCUT2D eigenvalue weighted by Crippen LogP contribution is 2.40. The van der Waals surface area contributed by atoms with E-state index in [1.165, 1.54) is 0 Å². The summed E-state index contributed by atoms with van der Waals surface area (Å²) in [5.74, 6) is -0.986. The molecule has 0 spiro atoms. The molecule has 1 heterocycles. The minimum Gasteiger partial charge on any atom is -0.508 e. The van der Waals surface area contributed by atoms with E-state index < -0.39 is 5.97 Å². The summed E-state index contributed by atoms with van der Waals surface area (Å²) in [6.45, 7) is 6.71. The van der Waals surface area contributed by atoms with E-state index in [2.05, 4.69) is 30.1 Å². The van der Waals surface area contributed by atoms with Gasteiger partial charge in [0.15, 0.2) is 0 Å². The maximum Gasteiger partial charge on any atom is 0.322 e. The fourth-order valence-corrected chi connectivity index (χ4v) is 4.54. The first-order valence-electron chi connectivity index (χ1n) is 10.9. The molecular weight excluding hydrogens is 392 g/mol. The molecule has 3 atom stereocenters. The second-order valence-electron chi connectivity index (χ2n) is 8.78. The lowest BCUT2D eigenvalue weighted by molar-refractivity contribution is -0.138. The van der Waals surface area contributed by atoms with Crippen molar-refractivity contribution in [3.05, 3.63) is 65.7 Å². The molecule has 6 heteroatoms. The van der Waals surface area contributed by atoms with Gasteiger partial charge in [-0.15, -0.1) is 0 Å². The third kappa shape index (κ3) is 5.64. The normalized spacial score (nSPS) is 22.6. The average Bonchev–Trinajstić information content (AvgIpc) is 2.75. The number of hydrogen-bond acceptors (Lipinski definition) is 4. The Hall–Kier alpha value is -2.86. The predicted octanol–water partition coefficient (Wildman–Crippen LogP) is 3.37. The number of piperidine rings is 1. The maximum absolute atomic E-state index is 12.7. The third-order valence-corrected chi connectivity index (χ3v) is 6.74. The number of phenols is 1. The number of aromatic hydroxyl groups is 1. The summed E-state index contributed by atoms with van der Waals surface area (Å²) in [6, 6.07) is 17.1. The molecule has 0 bridgehead atoms. The van der Waals surface area contributed by atoms with Gasteiger partial charge in [-0.1, -0.05) is 56.3 Å². The molecule has 6 nitrogen and oxygen atoms in total. The highest BCUT2D eigenvalue weighted by atomic mass is 16.4. The molecule has 1 fully saturated rings. The Kier molecular flexibility index (Phi) is 7.33. The number of carbonyl (C=O) groups excluding carboxylic acids is 1. The van der Waals surface area contributed by atoms with Crippen LogP contribution in [0.15, 0.2) is 54.6 Å². The number of rotatable bonds is 8. The lowest BCUT2D eigenvalue weighted by Gasteiger charge is -2.45. The van der Waals surface area contributed by atoms with Crippen LogP contribution in [0.3, 0.4) is 0 Å². The SMILES string of the molecule is CC1CN(CCC(C(=O)NCC(=O)O)c2ccccc2)CCC1(C)c1cccc(O)c1. The molecule has 3 N–H and O–H groups in total. The fourth-order valence-electron chi connectivity index (χ4n) is 4.54. The highest BCUT2D eigenvalue weighted by Gasteiger charge is 2.38. The minimum absolute atomic E-state index is 0.00701. The van der Waals surface area contributed by atoms with Crippen molar-refractivity contribution in [3.63, 3.8) is 0 Å². The molecule has 3 unspecified atom stereocenters. The molecule has 0 saturated carbocycles. The first kappa shape index (κ1) is 22.8. The van der Waals surface area contributed by atoms with E-state index in [1.54, 1.807) is 6.07 Å². The van der Waals surface area contributed by atoms with Gasteiger partial charge in [-0.25, -0.2) is 0 Å². The van der Waals surface area contributed by atoms with Crippen LogP contribution < -0.4 is 5.32 Å². The lowest BCUT2D eigenvalue weighted by Crippen LogP contribution is -2.48. The molecule has 166 valence electrons. The van der Waals surface area contributed by atoms with Crippen LogP contribution in [0.5, 0.6) is 5.75 Å². The van der Waals surface area contributed by atoms with Crippen molar-refractivity contribution in [1.29, 1.82) is 0 Å². The van der Waals surface area contributed by atoms with E-state index in [-0.39, 0.29) is 23.8 Å². The number of amides is 1. The first-order valence-corrected chi connectivity index (χ1v) is 10.9. The number of carbonyl (C=O) groups is 2. The second-order valence-corrected chi connectivity index (χ2v) is 8.78. The van der Waals surface area contributed by atoms with E-state index in [9.17, 15) is 14.7 Å². The Labute approximate surface area is 183 Å². The monoisotopic (exact) mass is 424 g/mol. The Morgan fingerprint density at radius 3 is 2.58 bits per heavy atom. The molecule has 3 rings (SSSR count). The topological polar surface area (TPSA) is 89.9 Å². The van der Waals surface area contributed by atoms with Crippen molar-refractivity contribution in [2.45, 2.75) is 38.0 Å². The number of carboxylic acid groups (broad SMARTS) is 1. The van der Waals surface area contributed by atoms with Crippen LogP contribution >= 0.6 is 0 Å². The lowest BCUT2D eigenvalue weighted by atomic mass is 9.68. The molecule has 0 radical (unpaired) electrons. The number of hydrogen-bond donors (Lipinski definition) is 3. The van der Waals surface area contributed by atoms with Gasteiger partial charge in [0, 0.05) is 6.54 Å². The fraction of sp³-hybridized carbons (Fsp3) is 0.440. The molecule has 0 aromatic heterocycles. The molecule has 1 saturated heterocycles. The highest BCUT2D eigenvalue weighted by molar-refractivity contribution is 5.86. The molecule has 1 aliphatic rings. The number of aliphatic carboxylic acids is 1. The van der Waals surface area contributed by atoms with Gasteiger partial charge in [0.05, 0.1) is 5.92 Å². The van der Waals surface area contributed by atoms with Crippen molar-refractivity contribution < 1.29 is 19.8 Å². The number of nitrogens with zero attached hydrogens (tertiary/aromatic N) is 1. The van der Waals surface area contributed by atoms with Gasteiger partial charge in [-0.2, -0.15) is 0 Å². The molecular formula is C25H32N2O4. The Balaban J connectivity index is 1.64. The van der Waals surface area contributed by atoms with E-state index in [0.29, 0.717) is 18.1 Å². The number of carboxylic acids is 1. The van der Waals surface area contributed by atoms with Crippen molar-refractivity contribution in [2.24, 2.45) is 5.92 Å². The van der Waals surface area contributed by atoms with Gasteiger partial charge in [0.25, 0.3) is 0 Å². The zero-order valence-electron chi connectivity index (χ0n) is 18.3. The zero-order chi connectivity index (χ0) is 22.4. The Bertz CT molecular complexity index is 901. The van der Waals surface area contributed by atoms with E-state index in [0.717, 1.165) is 37.2 Å². The second kappa shape index (κ2) is 9.96. The van der Waals surface area contributed by atoms with Crippen molar-refractivity contribution in [3.8, 4) is 5.75 Å². The Morgan fingerprint density at radius 2 is 1.94 bits per heavy atom. The van der Waals surface area contributed by atoms with Gasteiger partial charge in [0.1, 0.15) is 12.3 Å². The zero-order valence-corrected chi connectivity index (χ0v) is 18.3. The van der Waals surface area contributed by atoms with Crippen LogP contribution in [0.4, 0.5) is 0 Å². The van der Waals surface area contributed by atoms with Crippen molar-refractivity contribution in [2.75, 3.05) is 26.2 Å². The summed E-state index contributed by atoms with van der Waals surface area (Å²) in [6.07, 6.45) is 1.60. The van der Waals surface area contributed by atoms with E-state index in [4.69, 9.17) is 5.11 Å². The number of nitrogens with one attached hydrogen (secondary N) is 1. The van der Waals surface area contributed by atoms with Gasteiger partial charge in [0.2, 0.25) is 5.91 Å². The summed E-state index contributed by atoms with van der Waals surface area (Å²) in [4.78, 5) is 25.9. The number of likely N-dealkylation sites (tertiary alicyclic amines) is 1. The molecule has 0 aliphatic carbocycles. The number of benzene rings is 2. The van der Waals surface area contributed by atoms with Gasteiger partial charge in [-0.05, 0) is 60.5 Å². The average molecular weight is 425 g/mol. The number of phenolic OH excluding ortho intramolecular Hbond substituents is 1. The van der Waals surface area contributed by atoms with Crippen LogP contribution in [0, 0.1) is 5.92 Å². The summed E-state index contributed by atoms with van der Waals surface area (Å²) in [5.41, 5.74) is 2.06. The largest absolute Gasteiger partial charge is 0.508 e. The van der Waals surface area contributed by atoms with Crippen molar-refractivity contribution >= 4 is 11.9 Å². The smallest absolute Gasteiger partial charge is 0.322 e. The summed E-state index contributed by atoms with van der Waals surface area (Å²) in [5, 5.41) is 21.3. The first-order chi connectivity index (χ1) is 14.8. The van der Waals surface area contributed by atoms with Gasteiger partial charge >= 0.3 is 5.97 Å². The summed E-state index contributed by atoms with van der Waals surface area (Å²) >= 11 is 0. The van der Waals surface area contributed by atoms with Crippen LogP contribution in [-0.2, 0) is 15.0 Å². The standard InChI is InChI=1S/C25H32N2O4/c1-18-17-27(14-12-25(18,2)20-9-6-10-21(28)15-20)13-11-22(19-7-4-3-5-8-19)24(31)26-16-23(29)30/h3-10,15,18,22,28H,11-14,16-17H2,1-2H3,(H,26,31)(H,29,30). The molecule has 1 amide bonds. The summed E-state index contributed by atoms with van der Waals surface area (Å²) in [7, 11) is 0. The quantitative estimate of drug-likeness (QED) is 0.605. The predicted molar refractivity (Wildman–Crippen MR) is 120 cm³/mol. The maximum atomic E-state index is 12.7. The van der Waals surface area contributed by atoms with Crippen LogP contribution in [0.25, 0.3) is 0 Å². The molecule has 2 aromatic rings.